The topological polar surface area (TPSA) is 68.8 Å². The number of hydrogen-bond donors (Lipinski definition) is 1. The Morgan fingerprint density at radius 1 is 1.24 bits per heavy atom. The fourth-order valence-corrected chi connectivity index (χ4v) is 5.94. The molecule has 4 aliphatic rings. The summed E-state index contributed by atoms with van der Waals surface area (Å²) in [4.78, 5) is 35.9. The minimum Gasteiger partial charge on any atom is -0.359 e. The zero-order valence-corrected chi connectivity index (χ0v) is 17.7. The molecule has 154 valence electrons. The average Bonchev–Trinajstić information content (AvgIpc) is 3.16. The molecule has 4 saturated heterocycles. The molecule has 0 aromatic carbocycles. The van der Waals surface area contributed by atoms with Crippen LogP contribution in [0.1, 0.15) is 30.3 Å². The van der Waals surface area contributed by atoms with Crippen molar-refractivity contribution in [2.24, 2.45) is 5.92 Å². The van der Waals surface area contributed by atoms with Gasteiger partial charge in [0.05, 0.1) is 16.9 Å². The number of aromatic nitrogens is 1. The van der Waals surface area contributed by atoms with Gasteiger partial charge in [0, 0.05) is 49.2 Å². The second-order valence-corrected chi connectivity index (χ2v) is 9.45. The van der Waals surface area contributed by atoms with E-state index < -0.39 is 0 Å². The van der Waals surface area contributed by atoms with Crippen LogP contribution in [0.3, 0.4) is 0 Å². The molecule has 1 N–H and O–H groups in total. The number of amides is 2. The molecule has 4 aliphatic heterocycles. The molecule has 0 unspecified atom stereocenters. The van der Waals surface area contributed by atoms with E-state index in [9.17, 15) is 9.59 Å². The standard InChI is InChI=1S/C21H27N5O2S/c1-13-20(14-3-5-25(13)6-4-14)23-21(28)16-9-15-17(12-29-18(15)10-22-16)26-8-7-24(2)19(27)11-26/h9-10,12-14,20H,3-8,11H2,1-2H3,(H,23,28)/t13-,20+/m1/s1. The number of piperazine rings is 1. The van der Waals surface area contributed by atoms with Gasteiger partial charge in [0.25, 0.3) is 5.91 Å². The van der Waals surface area contributed by atoms with Gasteiger partial charge < -0.3 is 15.1 Å². The number of thiophene rings is 1. The number of hydrogen-bond acceptors (Lipinski definition) is 6. The summed E-state index contributed by atoms with van der Waals surface area (Å²) >= 11 is 1.61. The molecule has 0 radical (unpaired) electrons. The molecule has 2 amide bonds. The molecule has 6 heterocycles. The SMILES string of the molecule is C[C@@H]1[C@H](NC(=O)c2cc3c(N4CCN(C)C(=O)C4)csc3cn2)C2CCN1CC2. The van der Waals surface area contributed by atoms with E-state index in [1.165, 1.54) is 0 Å². The van der Waals surface area contributed by atoms with Gasteiger partial charge in [0.1, 0.15) is 5.69 Å². The third-order valence-electron chi connectivity index (χ3n) is 6.95. The van der Waals surface area contributed by atoms with Crippen molar-refractivity contribution in [3.63, 3.8) is 0 Å². The number of nitrogens with zero attached hydrogens (tertiary/aromatic N) is 4. The molecule has 7 nitrogen and oxygen atoms in total. The van der Waals surface area contributed by atoms with Crippen LogP contribution in [0.25, 0.3) is 10.1 Å². The first-order valence-electron chi connectivity index (χ1n) is 10.4. The van der Waals surface area contributed by atoms with Crippen LogP contribution in [0.4, 0.5) is 5.69 Å². The van der Waals surface area contributed by atoms with Crippen LogP contribution < -0.4 is 10.2 Å². The van der Waals surface area contributed by atoms with Gasteiger partial charge in [-0.2, -0.15) is 0 Å². The van der Waals surface area contributed by atoms with Crippen LogP contribution in [-0.2, 0) is 4.79 Å². The second kappa shape index (κ2) is 7.25. The van der Waals surface area contributed by atoms with E-state index in [-0.39, 0.29) is 17.9 Å². The number of nitrogens with one attached hydrogen (secondary N) is 1. The lowest BCUT2D eigenvalue weighted by atomic mass is 9.79. The van der Waals surface area contributed by atoms with E-state index in [0.717, 1.165) is 48.2 Å². The van der Waals surface area contributed by atoms with Gasteiger partial charge in [-0.25, -0.2) is 4.98 Å². The summed E-state index contributed by atoms with van der Waals surface area (Å²) in [6.07, 6.45) is 4.11. The predicted molar refractivity (Wildman–Crippen MR) is 114 cm³/mol. The van der Waals surface area contributed by atoms with Crippen molar-refractivity contribution >= 4 is 38.9 Å². The molecule has 29 heavy (non-hydrogen) atoms. The molecule has 2 atom stereocenters. The molecule has 4 fully saturated rings. The highest BCUT2D eigenvalue weighted by Crippen LogP contribution is 2.35. The van der Waals surface area contributed by atoms with Crippen LogP contribution in [0.15, 0.2) is 17.6 Å². The molecule has 0 saturated carbocycles. The van der Waals surface area contributed by atoms with Crippen LogP contribution >= 0.6 is 11.3 Å². The maximum absolute atomic E-state index is 13.0. The quantitative estimate of drug-likeness (QED) is 0.831. The number of likely N-dealkylation sites (N-methyl/N-ethyl adjacent to an activating group) is 1. The van der Waals surface area contributed by atoms with E-state index in [1.54, 1.807) is 22.4 Å². The number of rotatable bonds is 3. The Labute approximate surface area is 174 Å². The highest BCUT2D eigenvalue weighted by atomic mass is 32.1. The summed E-state index contributed by atoms with van der Waals surface area (Å²) in [6, 6.07) is 2.47. The van der Waals surface area contributed by atoms with Crippen molar-refractivity contribution in [2.45, 2.75) is 31.8 Å². The third-order valence-corrected chi connectivity index (χ3v) is 7.87. The Balaban J connectivity index is 1.38. The van der Waals surface area contributed by atoms with Crippen LogP contribution in [0.5, 0.6) is 0 Å². The molecular formula is C21H27N5O2S. The number of fused-ring (bicyclic) bond motifs is 4. The lowest BCUT2D eigenvalue weighted by Gasteiger charge is -2.49. The first-order valence-corrected chi connectivity index (χ1v) is 11.3. The monoisotopic (exact) mass is 413 g/mol. The van der Waals surface area contributed by atoms with Gasteiger partial charge in [-0.3, -0.25) is 14.5 Å². The Bertz CT molecular complexity index is 950. The summed E-state index contributed by atoms with van der Waals surface area (Å²) in [5.41, 5.74) is 1.49. The molecule has 0 aliphatic carbocycles. The predicted octanol–water partition coefficient (Wildman–Crippen LogP) is 1.79. The van der Waals surface area contributed by atoms with Crippen LogP contribution in [0.2, 0.25) is 0 Å². The summed E-state index contributed by atoms with van der Waals surface area (Å²) in [5.74, 6) is 0.596. The third kappa shape index (κ3) is 3.28. The summed E-state index contributed by atoms with van der Waals surface area (Å²) in [7, 11) is 1.84. The number of pyridine rings is 1. The first kappa shape index (κ1) is 18.8. The Hall–Kier alpha value is -2.19. The van der Waals surface area contributed by atoms with Crippen molar-refractivity contribution < 1.29 is 9.59 Å². The summed E-state index contributed by atoms with van der Waals surface area (Å²) in [5, 5.41) is 6.35. The first-order chi connectivity index (χ1) is 14.0. The molecule has 8 heteroatoms. The number of carbonyl (C=O) groups is 2. The zero-order chi connectivity index (χ0) is 20.1. The van der Waals surface area contributed by atoms with Gasteiger partial charge in [-0.15, -0.1) is 11.3 Å². The van der Waals surface area contributed by atoms with Crippen LogP contribution in [-0.4, -0.2) is 78.5 Å². The number of piperidine rings is 3. The average molecular weight is 414 g/mol. The van der Waals surface area contributed by atoms with E-state index in [0.29, 0.717) is 30.7 Å². The lowest BCUT2D eigenvalue weighted by molar-refractivity contribution is -0.129. The highest BCUT2D eigenvalue weighted by Gasteiger charge is 2.40. The number of carbonyl (C=O) groups excluding carboxylic acids is 2. The molecular weight excluding hydrogens is 386 g/mol. The zero-order valence-electron chi connectivity index (χ0n) is 16.9. The Kier molecular flexibility index (Phi) is 4.70. The Morgan fingerprint density at radius 3 is 2.76 bits per heavy atom. The van der Waals surface area contributed by atoms with Crippen LogP contribution in [0, 0.1) is 5.92 Å². The molecule has 0 spiro atoms. The minimum absolute atomic E-state index is 0.0934. The van der Waals surface area contributed by atoms with E-state index in [1.807, 2.05) is 13.1 Å². The fraction of sp³-hybridized carbons (Fsp3) is 0.571. The Morgan fingerprint density at radius 2 is 2.03 bits per heavy atom. The van der Waals surface area contributed by atoms with Gasteiger partial charge in [0.2, 0.25) is 5.91 Å². The van der Waals surface area contributed by atoms with Gasteiger partial charge in [-0.1, -0.05) is 0 Å². The van der Waals surface area contributed by atoms with E-state index >= 15 is 0 Å². The molecule has 6 rings (SSSR count). The van der Waals surface area contributed by atoms with Crippen molar-refractivity contribution in [3.8, 4) is 0 Å². The van der Waals surface area contributed by atoms with E-state index in [4.69, 9.17) is 0 Å². The smallest absolute Gasteiger partial charge is 0.270 e. The van der Waals surface area contributed by atoms with Crippen molar-refractivity contribution in [2.75, 3.05) is 44.7 Å². The van der Waals surface area contributed by atoms with Crippen molar-refractivity contribution in [1.29, 1.82) is 0 Å². The molecule has 2 bridgehead atoms. The van der Waals surface area contributed by atoms with Gasteiger partial charge >= 0.3 is 0 Å². The maximum atomic E-state index is 13.0. The highest BCUT2D eigenvalue weighted by molar-refractivity contribution is 7.17. The maximum Gasteiger partial charge on any atom is 0.270 e. The molecule has 2 aromatic heterocycles. The minimum atomic E-state index is -0.0934. The van der Waals surface area contributed by atoms with Crippen molar-refractivity contribution in [1.82, 2.24) is 20.1 Å². The number of anilines is 1. The van der Waals surface area contributed by atoms with Gasteiger partial charge in [-0.05, 0) is 44.8 Å². The van der Waals surface area contributed by atoms with E-state index in [2.05, 4.69) is 32.4 Å². The normalized spacial score (nSPS) is 29.5. The molecule has 2 aromatic rings. The van der Waals surface area contributed by atoms with Gasteiger partial charge in [0.15, 0.2) is 0 Å². The second-order valence-electron chi connectivity index (χ2n) is 8.54. The van der Waals surface area contributed by atoms with Crippen molar-refractivity contribution in [3.05, 3.63) is 23.3 Å². The largest absolute Gasteiger partial charge is 0.359 e. The summed E-state index contributed by atoms with van der Waals surface area (Å²) in [6.45, 7) is 6.40. The lowest BCUT2D eigenvalue weighted by Crippen LogP contribution is -2.62. The fourth-order valence-electron chi connectivity index (χ4n) is 5.02. The summed E-state index contributed by atoms with van der Waals surface area (Å²) < 4.78 is 1.04.